The number of allylic oxidation sites excluding steroid dienone is 2. The van der Waals surface area contributed by atoms with Gasteiger partial charge >= 0.3 is 5.97 Å². The van der Waals surface area contributed by atoms with E-state index in [1.54, 1.807) is 0 Å². The van der Waals surface area contributed by atoms with Crippen molar-refractivity contribution in [1.82, 2.24) is 10.3 Å². The monoisotopic (exact) mass is 342 g/mol. The molecule has 1 aromatic rings. The van der Waals surface area contributed by atoms with Gasteiger partial charge in [-0.25, -0.2) is 13.6 Å². The van der Waals surface area contributed by atoms with Crippen molar-refractivity contribution >= 4 is 26.2 Å². The van der Waals surface area contributed by atoms with E-state index in [4.69, 9.17) is 5.11 Å². The smallest absolute Gasteiger partial charge is 0.337 e. The molecule has 0 fully saturated rings. The van der Waals surface area contributed by atoms with E-state index in [-0.39, 0.29) is 11.1 Å². The Bertz CT molecular complexity index is 665. The zero-order valence-electron chi connectivity index (χ0n) is 13.6. The van der Waals surface area contributed by atoms with E-state index in [1.807, 2.05) is 13.8 Å². The van der Waals surface area contributed by atoms with Crippen molar-refractivity contribution in [3.8, 4) is 0 Å². The van der Waals surface area contributed by atoms with E-state index in [0.29, 0.717) is 23.1 Å². The molecule has 0 amide bonds. The fraction of sp³-hybridized carbons (Fsp3) is 0.375. The maximum atomic E-state index is 13.3. The molecule has 1 atom stereocenters. The Morgan fingerprint density at radius 2 is 2.09 bits per heavy atom. The molecular formula is C16H21F2N2O2P. The number of alkyl halides is 2. The highest BCUT2D eigenvalue weighted by atomic mass is 31.0. The van der Waals surface area contributed by atoms with Crippen LogP contribution in [0.3, 0.4) is 0 Å². The predicted octanol–water partition coefficient (Wildman–Crippen LogP) is 3.57. The minimum absolute atomic E-state index is 0.0686. The van der Waals surface area contributed by atoms with Gasteiger partial charge in [-0.15, -0.1) is 9.24 Å². The van der Waals surface area contributed by atoms with Crippen LogP contribution in [0.5, 0.6) is 0 Å². The number of carboxylic acid groups (broad SMARTS) is 1. The van der Waals surface area contributed by atoms with E-state index in [0.717, 1.165) is 12.5 Å². The van der Waals surface area contributed by atoms with Crippen LogP contribution < -0.4 is 10.6 Å². The zero-order valence-corrected chi connectivity index (χ0v) is 14.7. The van der Waals surface area contributed by atoms with Crippen LogP contribution in [0.15, 0.2) is 29.6 Å². The summed E-state index contributed by atoms with van der Waals surface area (Å²) in [5, 5.41) is 12.5. The van der Waals surface area contributed by atoms with Crippen LogP contribution in [-0.4, -0.2) is 22.0 Å². The second-order valence-corrected chi connectivity index (χ2v) is 5.96. The molecule has 1 unspecified atom stereocenters. The highest BCUT2D eigenvalue weighted by Crippen LogP contribution is 2.23. The minimum atomic E-state index is -2.91. The number of aromatic carboxylic acids is 1. The van der Waals surface area contributed by atoms with Gasteiger partial charge in [-0.1, -0.05) is 6.92 Å². The van der Waals surface area contributed by atoms with Gasteiger partial charge in [0.05, 0.1) is 17.0 Å². The third kappa shape index (κ3) is 5.10. The molecule has 0 saturated carbocycles. The molecule has 126 valence electrons. The van der Waals surface area contributed by atoms with E-state index in [9.17, 15) is 13.6 Å². The molecule has 0 saturated heterocycles. The number of hydrogen-bond donors (Lipinski definition) is 2. The first-order chi connectivity index (χ1) is 10.6. The van der Waals surface area contributed by atoms with Crippen molar-refractivity contribution in [2.45, 2.75) is 40.0 Å². The molecule has 1 rings (SSSR count). The van der Waals surface area contributed by atoms with E-state index < -0.39 is 11.9 Å². The van der Waals surface area contributed by atoms with Crippen molar-refractivity contribution < 1.29 is 18.7 Å². The number of carboxylic acids is 1. The standard InChI is InChI=1S/C16H21F2N2O2P/c1-5-9(2)13(19-7-10(3)16(4,17)18)14-12(23)6-11(8-20-14)15(21)22/h6-8,19H,5,23H2,1-4H3,(H,21,22)/b10-7+,13-9?. The largest absolute Gasteiger partial charge is 0.478 e. The van der Waals surface area contributed by atoms with Gasteiger partial charge in [-0.2, -0.15) is 0 Å². The third-order valence-corrected chi connectivity index (χ3v) is 3.92. The lowest BCUT2D eigenvalue weighted by Gasteiger charge is -2.16. The second-order valence-electron chi connectivity index (χ2n) is 5.34. The average molecular weight is 342 g/mol. The van der Waals surface area contributed by atoms with Crippen molar-refractivity contribution in [1.29, 1.82) is 0 Å². The van der Waals surface area contributed by atoms with E-state index in [1.165, 1.54) is 25.4 Å². The molecule has 1 heterocycles. The molecule has 0 aromatic carbocycles. The molecule has 4 nitrogen and oxygen atoms in total. The van der Waals surface area contributed by atoms with Gasteiger partial charge in [0.1, 0.15) is 0 Å². The van der Waals surface area contributed by atoms with Gasteiger partial charge in [0.25, 0.3) is 5.92 Å². The molecular weight excluding hydrogens is 321 g/mol. The zero-order chi connectivity index (χ0) is 17.8. The predicted molar refractivity (Wildman–Crippen MR) is 90.9 cm³/mol. The first kappa shape index (κ1) is 19.2. The summed E-state index contributed by atoms with van der Waals surface area (Å²) in [6.07, 6.45) is 3.20. The highest BCUT2D eigenvalue weighted by molar-refractivity contribution is 7.27. The lowest BCUT2D eigenvalue weighted by Crippen LogP contribution is -2.19. The van der Waals surface area contributed by atoms with Gasteiger partial charge in [0, 0.05) is 24.9 Å². The Kier molecular flexibility index (Phi) is 6.39. The molecule has 23 heavy (non-hydrogen) atoms. The average Bonchev–Trinajstić information content (AvgIpc) is 2.46. The van der Waals surface area contributed by atoms with Crippen LogP contribution >= 0.6 is 9.24 Å². The lowest BCUT2D eigenvalue weighted by atomic mass is 10.1. The Morgan fingerprint density at radius 3 is 2.52 bits per heavy atom. The minimum Gasteiger partial charge on any atom is -0.478 e. The normalized spacial score (nSPS) is 13.6. The number of pyridine rings is 1. The summed E-state index contributed by atoms with van der Waals surface area (Å²) in [5.41, 5.74) is 2.00. The SMILES string of the molecule is CCC(C)=C(N/C=C(\C)C(C)(F)F)c1ncc(C(=O)O)cc1P. The fourth-order valence-electron chi connectivity index (χ4n) is 1.69. The maximum Gasteiger partial charge on any atom is 0.337 e. The van der Waals surface area contributed by atoms with Crippen LogP contribution in [0.25, 0.3) is 5.70 Å². The number of rotatable bonds is 6. The van der Waals surface area contributed by atoms with E-state index >= 15 is 0 Å². The number of halogens is 2. The molecule has 0 aliphatic carbocycles. The Hall–Kier alpha value is -1.81. The Morgan fingerprint density at radius 1 is 1.48 bits per heavy atom. The van der Waals surface area contributed by atoms with Crippen LogP contribution in [-0.2, 0) is 0 Å². The number of hydrogen-bond acceptors (Lipinski definition) is 3. The molecule has 2 N–H and O–H groups in total. The summed E-state index contributed by atoms with van der Waals surface area (Å²) in [6, 6.07) is 1.48. The van der Waals surface area contributed by atoms with Crippen LogP contribution in [0, 0.1) is 0 Å². The summed E-state index contributed by atoms with van der Waals surface area (Å²) in [5.74, 6) is -3.98. The fourth-order valence-corrected chi connectivity index (χ4v) is 2.08. The number of aromatic nitrogens is 1. The third-order valence-electron chi connectivity index (χ3n) is 3.48. The lowest BCUT2D eigenvalue weighted by molar-refractivity contribution is 0.0629. The van der Waals surface area contributed by atoms with Gasteiger partial charge in [-0.05, 0) is 37.2 Å². The van der Waals surface area contributed by atoms with Crippen LogP contribution in [0.4, 0.5) is 8.78 Å². The van der Waals surface area contributed by atoms with Crippen molar-refractivity contribution in [3.05, 3.63) is 40.9 Å². The van der Waals surface area contributed by atoms with Gasteiger partial charge in [0.2, 0.25) is 0 Å². The van der Waals surface area contributed by atoms with Gasteiger partial charge < -0.3 is 10.4 Å². The van der Waals surface area contributed by atoms with Crippen LogP contribution in [0.2, 0.25) is 0 Å². The molecule has 1 aromatic heterocycles. The van der Waals surface area contributed by atoms with Crippen LogP contribution in [0.1, 0.15) is 50.2 Å². The Labute approximate surface area is 136 Å². The molecule has 0 radical (unpaired) electrons. The van der Waals surface area contributed by atoms with Crippen molar-refractivity contribution in [3.63, 3.8) is 0 Å². The van der Waals surface area contributed by atoms with Crippen molar-refractivity contribution in [2.75, 3.05) is 0 Å². The number of nitrogens with zero attached hydrogens (tertiary/aromatic N) is 1. The second kappa shape index (κ2) is 7.64. The number of nitrogens with one attached hydrogen (secondary N) is 1. The van der Waals surface area contributed by atoms with Gasteiger partial charge in [-0.3, -0.25) is 4.98 Å². The quantitative estimate of drug-likeness (QED) is 0.776. The molecule has 0 aliphatic rings. The molecule has 0 spiro atoms. The topological polar surface area (TPSA) is 62.2 Å². The highest BCUT2D eigenvalue weighted by Gasteiger charge is 2.23. The summed E-state index contributed by atoms with van der Waals surface area (Å²) in [4.78, 5) is 15.2. The van der Waals surface area contributed by atoms with Crippen molar-refractivity contribution in [2.24, 2.45) is 0 Å². The summed E-state index contributed by atoms with van der Waals surface area (Å²) < 4.78 is 26.5. The number of carbonyl (C=O) groups is 1. The molecule has 0 aliphatic heterocycles. The molecule has 7 heteroatoms. The first-order valence-electron chi connectivity index (χ1n) is 7.08. The summed E-state index contributed by atoms with van der Waals surface area (Å²) in [6.45, 7) is 5.98. The van der Waals surface area contributed by atoms with E-state index in [2.05, 4.69) is 19.5 Å². The first-order valence-corrected chi connectivity index (χ1v) is 7.66. The maximum absolute atomic E-state index is 13.3. The summed E-state index contributed by atoms with van der Waals surface area (Å²) >= 11 is 0. The molecule has 0 bridgehead atoms. The Balaban J connectivity index is 3.28. The van der Waals surface area contributed by atoms with Gasteiger partial charge in [0.15, 0.2) is 0 Å². The summed E-state index contributed by atoms with van der Waals surface area (Å²) in [7, 11) is 2.43.